The molecule has 0 amide bonds. The molecule has 0 saturated heterocycles. The van der Waals surface area contributed by atoms with Gasteiger partial charge in [-0.2, -0.15) is 23.4 Å². The van der Waals surface area contributed by atoms with Gasteiger partial charge in [0, 0.05) is 12.7 Å². The highest BCUT2D eigenvalue weighted by Gasteiger charge is 2.32. The van der Waals surface area contributed by atoms with Crippen molar-refractivity contribution >= 4 is 5.69 Å². The van der Waals surface area contributed by atoms with Crippen molar-refractivity contribution in [2.75, 3.05) is 5.73 Å². The Labute approximate surface area is 101 Å². The predicted molar refractivity (Wildman–Crippen MR) is 59.2 cm³/mol. The minimum atomic E-state index is -4.42. The number of anilines is 1. The van der Waals surface area contributed by atoms with Crippen LogP contribution in [0.3, 0.4) is 0 Å². The lowest BCUT2D eigenvalue weighted by Gasteiger charge is -2.05. The van der Waals surface area contributed by atoms with E-state index in [2.05, 4.69) is 10.2 Å². The lowest BCUT2D eigenvalue weighted by molar-refractivity contribution is -0.137. The van der Waals surface area contributed by atoms with Crippen LogP contribution in [0.5, 0.6) is 0 Å². The van der Waals surface area contributed by atoms with Crippen LogP contribution in [0.25, 0.3) is 5.82 Å². The van der Waals surface area contributed by atoms with Gasteiger partial charge in [-0.15, -0.1) is 0 Å². The van der Waals surface area contributed by atoms with Gasteiger partial charge in [-0.05, 0) is 13.8 Å². The summed E-state index contributed by atoms with van der Waals surface area (Å²) in [6, 6.07) is 0. The zero-order valence-electron chi connectivity index (χ0n) is 9.86. The van der Waals surface area contributed by atoms with Crippen LogP contribution in [0.4, 0.5) is 18.9 Å². The number of halogens is 3. The summed E-state index contributed by atoms with van der Waals surface area (Å²) in [7, 11) is 0. The molecule has 0 aromatic carbocycles. The van der Waals surface area contributed by atoms with Crippen molar-refractivity contribution in [2.45, 2.75) is 26.6 Å². The molecule has 0 saturated carbocycles. The molecule has 2 aromatic rings. The molecule has 2 N–H and O–H groups in total. The fourth-order valence-corrected chi connectivity index (χ4v) is 1.63. The normalized spacial score (nSPS) is 12.1. The van der Waals surface area contributed by atoms with Gasteiger partial charge in [0.15, 0.2) is 5.82 Å². The minimum absolute atomic E-state index is 0.327. The lowest BCUT2D eigenvalue weighted by Crippen LogP contribution is -2.08. The SMILES string of the molecule is CCn1nc(C)c(N)c1-n1cc(C(F)(F)F)cn1. The summed E-state index contributed by atoms with van der Waals surface area (Å²) < 4.78 is 40.1. The molecule has 0 unspecified atom stereocenters. The van der Waals surface area contributed by atoms with Gasteiger partial charge < -0.3 is 5.73 Å². The van der Waals surface area contributed by atoms with Crippen molar-refractivity contribution in [3.63, 3.8) is 0 Å². The Hall–Kier alpha value is -1.99. The highest BCUT2D eigenvalue weighted by atomic mass is 19.4. The molecule has 0 aliphatic heterocycles. The summed E-state index contributed by atoms with van der Waals surface area (Å²) in [5.74, 6) is 0.352. The first kappa shape index (κ1) is 12.5. The third-order valence-electron chi connectivity index (χ3n) is 2.57. The molecule has 2 aromatic heterocycles. The molecule has 0 aliphatic carbocycles. The molecule has 0 bridgehead atoms. The van der Waals surface area contributed by atoms with Gasteiger partial charge in [0.2, 0.25) is 0 Å². The van der Waals surface area contributed by atoms with Crippen LogP contribution < -0.4 is 5.73 Å². The predicted octanol–water partition coefficient (Wildman–Crippen LogP) is 2.00. The van der Waals surface area contributed by atoms with Gasteiger partial charge in [-0.1, -0.05) is 0 Å². The number of hydrogen-bond acceptors (Lipinski definition) is 3. The Balaban J connectivity index is 2.52. The van der Waals surface area contributed by atoms with Crippen LogP contribution in [-0.4, -0.2) is 19.6 Å². The van der Waals surface area contributed by atoms with Crippen molar-refractivity contribution in [3.05, 3.63) is 23.7 Å². The van der Waals surface area contributed by atoms with Crippen LogP contribution in [0.1, 0.15) is 18.2 Å². The number of hydrogen-bond donors (Lipinski definition) is 1. The van der Waals surface area contributed by atoms with Crippen LogP contribution in [0.15, 0.2) is 12.4 Å². The van der Waals surface area contributed by atoms with Gasteiger partial charge in [0.1, 0.15) is 0 Å². The maximum atomic E-state index is 12.5. The molecular formula is C10H12F3N5. The molecule has 2 heterocycles. The van der Waals surface area contributed by atoms with E-state index in [1.807, 2.05) is 6.92 Å². The molecule has 8 heteroatoms. The Morgan fingerprint density at radius 2 is 2.06 bits per heavy atom. The van der Waals surface area contributed by atoms with Gasteiger partial charge in [-0.3, -0.25) is 0 Å². The molecule has 0 radical (unpaired) electrons. The third-order valence-corrected chi connectivity index (χ3v) is 2.57. The lowest BCUT2D eigenvalue weighted by atomic mass is 10.3. The molecule has 0 aliphatic rings. The summed E-state index contributed by atoms with van der Waals surface area (Å²) in [4.78, 5) is 0. The summed E-state index contributed by atoms with van der Waals surface area (Å²) >= 11 is 0. The van der Waals surface area contributed by atoms with Crippen molar-refractivity contribution in [1.82, 2.24) is 19.6 Å². The van der Waals surface area contributed by atoms with Gasteiger partial charge >= 0.3 is 6.18 Å². The van der Waals surface area contributed by atoms with Crippen molar-refractivity contribution in [2.24, 2.45) is 0 Å². The van der Waals surface area contributed by atoms with Crippen LogP contribution in [0.2, 0.25) is 0 Å². The average Bonchev–Trinajstić information content (AvgIpc) is 2.84. The Kier molecular flexibility index (Phi) is 2.80. The maximum Gasteiger partial charge on any atom is 0.419 e. The average molecular weight is 259 g/mol. The number of alkyl halides is 3. The van der Waals surface area contributed by atoms with Crippen LogP contribution >= 0.6 is 0 Å². The van der Waals surface area contributed by atoms with Crippen LogP contribution in [0, 0.1) is 6.92 Å². The zero-order valence-corrected chi connectivity index (χ0v) is 9.86. The molecule has 98 valence electrons. The third kappa shape index (κ3) is 1.93. The second-order valence-corrected chi connectivity index (χ2v) is 3.81. The fourth-order valence-electron chi connectivity index (χ4n) is 1.63. The minimum Gasteiger partial charge on any atom is -0.394 e. The Morgan fingerprint density at radius 1 is 1.39 bits per heavy atom. The number of aryl methyl sites for hydroxylation is 2. The van der Waals surface area contributed by atoms with E-state index >= 15 is 0 Å². The number of nitrogens with two attached hydrogens (primary N) is 1. The molecule has 0 fully saturated rings. The smallest absolute Gasteiger partial charge is 0.394 e. The first-order valence-electron chi connectivity index (χ1n) is 5.29. The topological polar surface area (TPSA) is 61.7 Å². The number of aromatic nitrogens is 4. The second-order valence-electron chi connectivity index (χ2n) is 3.81. The molecule has 0 spiro atoms. The van der Waals surface area contributed by atoms with E-state index in [4.69, 9.17) is 5.73 Å². The van der Waals surface area contributed by atoms with Gasteiger partial charge in [0.05, 0.1) is 23.1 Å². The van der Waals surface area contributed by atoms with Crippen molar-refractivity contribution in [1.29, 1.82) is 0 Å². The first-order valence-corrected chi connectivity index (χ1v) is 5.29. The Morgan fingerprint density at radius 3 is 2.56 bits per heavy atom. The Bertz CT molecular complexity index is 567. The molecule has 0 atom stereocenters. The highest BCUT2D eigenvalue weighted by Crippen LogP contribution is 2.30. The monoisotopic (exact) mass is 259 g/mol. The highest BCUT2D eigenvalue weighted by molar-refractivity contribution is 5.57. The summed E-state index contributed by atoms with van der Waals surface area (Å²) in [6.07, 6.45) is -2.75. The quantitative estimate of drug-likeness (QED) is 0.897. The summed E-state index contributed by atoms with van der Waals surface area (Å²) in [5, 5.41) is 7.82. The molecule has 18 heavy (non-hydrogen) atoms. The molecule has 2 rings (SSSR count). The number of rotatable bonds is 2. The maximum absolute atomic E-state index is 12.5. The standard InChI is InChI=1S/C10H12F3N5/c1-3-17-9(8(14)6(2)16-17)18-5-7(4-15-18)10(11,12)13/h4-5H,3,14H2,1-2H3. The largest absolute Gasteiger partial charge is 0.419 e. The van der Waals surface area contributed by atoms with E-state index in [1.165, 1.54) is 4.68 Å². The zero-order chi connectivity index (χ0) is 13.5. The van der Waals surface area contributed by atoms with E-state index in [0.29, 0.717) is 23.7 Å². The van der Waals surface area contributed by atoms with Crippen LogP contribution in [-0.2, 0) is 12.7 Å². The number of nitrogens with zero attached hydrogens (tertiary/aromatic N) is 4. The fraction of sp³-hybridized carbons (Fsp3) is 0.400. The van der Waals surface area contributed by atoms with Crippen molar-refractivity contribution in [3.8, 4) is 5.82 Å². The van der Waals surface area contributed by atoms with E-state index < -0.39 is 11.7 Å². The first-order chi connectivity index (χ1) is 8.34. The van der Waals surface area contributed by atoms with E-state index in [-0.39, 0.29) is 0 Å². The van der Waals surface area contributed by atoms with E-state index in [0.717, 1.165) is 17.1 Å². The summed E-state index contributed by atoms with van der Waals surface area (Å²) in [5.41, 5.74) is 5.88. The van der Waals surface area contributed by atoms with E-state index in [1.54, 1.807) is 6.92 Å². The molecule has 5 nitrogen and oxygen atoms in total. The number of nitrogen functional groups attached to an aromatic ring is 1. The van der Waals surface area contributed by atoms with Gasteiger partial charge in [-0.25, -0.2) is 9.36 Å². The molecular weight excluding hydrogens is 247 g/mol. The van der Waals surface area contributed by atoms with E-state index in [9.17, 15) is 13.2 Å². The van der Waals surface area contributed by atoms with Gasteiger partial charge in [0.25, 0.3) is 0 Å². The van der Waals surface area contributed by atoms with Crippen molar-refractivity contribution < 1.29 is 13.2 Å². The second kappa shape index (κ2) is 4.04. The summed E-state index contributed by atoms with van der Waals surface area (Å²) in [6.45, 7) is 4.01.